The van der Waals surface area contributed by atoms with E-state index in [1.54, 1.807) is 0 Å². The van der Waals surface area contributed by atoms with E-state index in [0.29, 0.717) is 36.7 Å². The number of benzene rings is 1. The highest BCUT2D eigenvalue weighted by Gasteiger charge is 2.21. The van der Waals surface area contributed by atoms with Crippen molar-refractivity contribution in [3.8, 4) is 6.07 Å². The molecule has 1 fully saturated rings. The maximum Gasteiger partial charge on any atom is 0.340 e. The fourth-order valence-corrected chi connectivity index (χ4v) is 3.50. The average Bonchev–Trinajstić information content (AvgIpc) is 3.12. The fraction of sp³-hybridized carbons (Fsp3) is 0.391. The zero-order chi connectivity index (χ0) is 23.5. The van der Waals surface area contributed by atoms with E-state index in [4.69, 9.17) is 20.2 Å². The van der Waals surface area contributed by atoms with E-state index in [2.05, 4.69) is 11.0 Å². The second kappa shape index (κ2) is 12.3. The van der Waals surface area contributed by atoms with Crippen LogP contribution in [0.1, 0.15) is 29.6 Å². The summed E-state index contributed by atoms with van der Waals surface area (Å²) in [6.45, 7) is 3.30. The number of ether oxygens (including phenoxy) is 1. The predicted octanol–water partition coefficient (Wildman–Crippen LogP) is 2.67. The van der Waals surface area contributed by atoms with Gasteiger partial charge in [-0.2, -0.15) is 5.26 Å². The Balaban J connectivity index is 0.000000390. The molecule has 0 unspecified atom stereocenters. The molecule has 0 amide bonds. The number of aliphatic carboxylic acids is 2. The van der Waals surface area contributed by atoms with Crippen molar-refractivity contribution in [1.29, 1.82) is 5.26 Å². The van der Waals surface area contributed by atoms with Crippen LogP contribution in [0, 0.1) is 17.2 Å². The lowest BCUT2D eigenvalue weighted by molar-refractivity contribution is -0.134. The van der Waals surface area contributed by atoms with Gasteiger partial charge in [-0.25, -0.2) is 14.4 Å². The minimum absolute atomic E-state index is 0.237. The summed E-state index contributed by atoms with van der Waals surface area (Å²) < 4.78 is 7.54. The third kappa shape index (κ3) is 7.56. The molecule has 1 aromatic heterocycles. The molecule has 32 heavy (non-hydrogen) atoms. The molecular formula is C23H27N3O6. The number of aryl methyl sites for hydroxylation is 1. The van der Waals surface area contributed by atoms with Crippen molar-refractivity contribution in [3.05, 3.63) is 48.2 Å². The van der Waals surface area contributed by atoms with E-state index in [9.17, 15) is 14.4 Å². The van der Waals surface area contributed by atoms with Crippen LogP contribution in [0.4, 0.5) is 0 Å². The Hall–Kier alpha value is -3.64. The van der Waals surface area contributed by atoms with Crippen molar-refractivity contribution in [1.82, 2.24) is 9.47 Å². The van der Waals surface area contributed by atoms with Crippen LogP contribution >= 0.6 is 0 Å². The van der Waals surface area contributed by atoms with Gasteiger partial charge in [0, 0.05) is 49.3 Å². The second-order valence-electron chi connectivity index (χ2n) is 7.47. The number of hydrogen-bond acceptors (Lipinski definition) is 6. The monoisotopic (exact) mass is 441 g/mol. The number of carbonyl (C=O) groups is 3. The molecule has 0 radical (unpaired) electrons. The van der Waals surface area contributed by atoms with Gasteiger partial charge < -0.3 is 24.4 Å². The molecule has 2 N–H and O–H groups in total. The Kier molecular flexibility index (Phi) is 9.44. The van der Waals surface area contributed by atoms with E-state index in [0.717, 1.165) is 43.4 Å². The summed E-state index contributed by atoms with van der Waals surface area (Å²) in [5.41, 5.74) is 1.68. The maximum absolute atomic E-state index is 12.4. The van der Waals surface area contributed by atoms with Gasteiger partial charge in [-0.05, 0) is 37.9 Å². The lowest BCUT2D eigenvalue weighted by atomic mass is 9.98. The Labute approximate surface area is 186 Å². The molecule has 3 rings (SSSR count). The Morgan fingerprint density at radius 3 is 2.38 bits per heavy atom. The molecule has 2 heterocycles. The van der Waals surface area contributed by atoms with E-state index in [-0.39, 0.29) is 5.97 Å². The third-order valence-corrected chi connectivity index (χ3v) is 5.18. The summed E-state index contributed by atoms with van der Waals surface area (Å²) in [7, 11) is 1.94. The number of nitrogens with zero attached hydrogens (tertiary/aromatic N) is 3. The standard InChI is InChI=1S/C19H23N3O2.C4H4O4/c1-21-13-17(16-5-2-3-6-18(16)21)19(23)24-14-15-7-11-22(12-8-15)10-4-9-20;5-3(6)1-2-4(7)8/h2-3,5-6,13,15H,4,7-8,10-12,14H2,1H3;1-2H,(H,5,6)(H,7,8)/b;2-1-. The molecule has 0 bridgehead atoms. The number of esters is 1. The van der Waals surface area contributed by atoms with Gasteiger partial charge in [0.25, 0.3) is 0 Å². The number of piperidine rings is 1. The molecule has 9 heteroatoms. The lowest BCUT2D eigenvalue weighted by Gasteiger charge is -2.30. The van der Waals surface area contributed by atoms with Crippen molar-refractivity contribution < 1.29 is 29.3 Å². The van der Waals surface area contributed by atoms with E-state index in [1.165, 1.54) is 0 Å². The summed E-state index contributed by atoms with van der Waals surface area (Å²) in [6.07, 6.45) is 5.59. The largest absolute Gasteiger partial charge is 0.478 e. The Morgan fingerprint density at radius 1 is 1.16 bits per heavy atom. The van der Waals surface area contributed by atoms with Crippen LogP contribution < -0.4 is 0 Å². The van der Waals surface area contributed by atoms with Gasteiger partial charge in [0.1, 0.15) is 0 Å². The van der Waals surface area contributed by atoms with Gasteiger partial charge in [0.05, 0.1) is 18.2 Å². The molecular weight excluding hydrogens is 414 g/mol. The summed E-state index contributed by atoms with van der Waals surface area (Å²) >= 11 is 0. The highest BCUT2D eigenvalue weighted by Crippen LogP contribution is 2.22. The quantitative estimate of drug-likeness (QED) is 0.495. The summed E-state index contributed by atoms with van der Waals surface area (Å²) in [6, 6.07) is 10.1. The number of rotatable bonds is 7. The minimum Gasteiger partial charge on any atom is -0.478 e. The van der Waals surface area contributed by atoms with Crippen molar-refractivity contribution in [2.75, 3.05) is 26.2 Å². The predicted molar refractivity (Wildman–Crippen MR) is 117 cm³/mol. The van der Waals surface area contributed by atoms with Crippen LogP contribution in [0.2, 0.25) is 0 Å². The molecule has 0 saturated carbocycles. The summed E-state index contributed by atoms with van der Waals surface area (Å²) in [4.78, 5) is 33.9. The van der Waals surface area contributed by atoms with Crippen LogP contribution in [0.3, 0.4) is 0 Å². The van der Waals surface area contributed by atoms with Crippen molar-refractivity contribution in [2.24, 2.45) is 13.0 Å². The normalized spacial score (nSPS) is 14.5. The van der Waals surface area contributed by atoms with Gasteiger partial charge in [0.2, 0.25) is 0 Å². The molecule has 1 saturated heterocycles. The number of carbonyl (C=O) groups excluding carboxylic acids is 1. The van der Waals surface area contributed by atoms with Gasteiger partial charge in [-0.3, -0.25) is 0 Å². The van der Waals surface area contributed by atoms with E-state index in [1.807, 2.05) is 42.1 Å². The Bertz CT molecular complexity index is 996. The highest BCUT2D eigenvalue weighted by molar-refractivity contribution is 6.04. The van der Waals surface area contributed by atoms with Crippen LogP contribution in [-0.2, 0) is 21.4 Å². The first-order chi connectivity index (χ1) is 15.3. The smallest absolute Gasteiger partial charge is 0.340 e. The van der Waals surface area contributed by atoms with Gasteiger partial charge >= 0.3 is 17.9 Å². The number of carboxylic acid groups (broad SMARTS) is 2. The topological polar surface area (TPSA) is 133 Å². The first-order valence-corrected chi connectivity index (χ1v) is 10.3. The summed E-state index contributed by atoms with van der Waals surface area (Å²) in [5, 5.41) is 25.2. The molecule has 170 valence electrons. The van der Waals surface area contributed by atoms with Crippen LogP contribution in [0.5, 0.6) is 0 Å². The number of carboxylic acids is 2. The molecule has 9 nitrogen and oxygen atoms in total. The number of hydrogen-bond donors (Lipinski definition) is 2. The first-order valence-electron chi connectivity index (χ1n) is 10.3. The minimum atomic E-state index is -1.26. The molecule has 1 aliphatic heterocycles. The number of fused-ring (bicyclic) bond motifs is 1. The number of nitriles is 1. The van der Waals surface area contributed by atoms with Crippen molar-refractivity contribution >= 4 is 28.8 Å². The Morgan fingerprint density at radius 2 is 1.78 bits per heavy atom. The average molecular weight is 441 g/mol. The van der Waals surface area contributed by atoms with Crippen LogP contribution in [-0.4, -0.2) is 63.8 Å². The van der Waals surface area contributed by atoms with Crippen molar-refractivity contribution in [2.45, 2.75) is 19.3 Å². The van der Waals surface area contributed by atoms with E-state index >= 15 is 0 Å². The molecule has 2 aromatic rings. The molecule has 0 atom stereocenters. The summed E-state index contributed by atoms with van der Waals surface area (Å²) in [5.74, 6) is -2.33. The molecule has 0 aliphatic carbocycles. The van der Waals surface area contributed by atoms with Gasteiger partial charge in [0.15, 0.2) is 0 Å². The third-order valence-electron chi connectivity index (χ3n) is 5.18. The fourth-order valence-electron chi connectivity index (χ4n) is 3.50. The molecule has 1 aromatic carbocycles. The number of aromatic nitrogens is 1. The zero-order valence-corrected chi connectivity index (χ0v) is 17.9. The van der Waals surface area contributed by atoms with Crippen LogP contribution in [0.25, 0.3) is 10.9 Å². The van der Waals surface area contributed by atoms with Crippen molar-refractivity contribution in [3.63, 3.8) is 0 Å². The van der Waals surface area contributed by atoms with Gasteiger partial charge in [-0.1, -0.05) is 18.2 Å². The number of likely N-dealkylation sites (tertiary alicyclic amines) is 1. The first kappa shape index (κ1) is 24.6. The highest BCUT2D eigenvalue weighted by atomic mass is 16.5. The maximum atomic E-state index is 12.4. The van der Waals surface area contributed by atoms with E-state index < -0.39 is 11.9 Å². The molecule has 1 aliphatic rings. The molecule has 0 spiro atoms. The number of para-hydroxylation sites is 1. The van der Waals surface area contributed by atoms with Crippen LogP contribution in [0.15, 0.2) is 42.6 Å². The zero-order valence-electron chi connectivity index (χ0n) is 17.9. The lowest BCUT2D eigenvalue weighted by Crippen LogP contribution is -2.35. The SMILES string of the molecule is Cn1cc(C(=O)OCC2CCN(CCC#N)CC2)c2ccccc21.O=C(O)/C=C\C(=O)O. The van der Waals surface area contributed by atoms with Gasteiger partial charge in [-0.15, -0.1) is 0 Å². The second-order valence-corrected chi connectivity index (χ2v) is 7.47.